The number of aryl methyl sites for hydroxylation is 1. The fourth-order valence-electron chi connectivity index (χ4n) is 5.36. The molecule has 1 N–H and O–H groups in total. The van der Waals surface area contributed by atoms with Gasteiger partial charge in [0.15, 0.2) is 0 Å². The Hall–Kier alpha value is -2.38. The monoisotopic (exact) mass is 498 g/mol. The number of hydrogen-bond acceptors (Lipinski definition) is 4. The van der Waals surface area contributed by atoms with Gasteiger partial charge in [-0.05, 0) is 50.2 Å². The van der Waals surface area contributed by atoms with Gasteiger partial charge >= 0.3 is 0 Å². The van der Waals surface area contributed by atoms with E-state index in [1.165, 1.54) is 4.31 Å². The Morgan fingerprint density at radius 1 is 1.09 bits per heavy atom. The minimum absolute atomic E-state index is 0.0583. The van der Waals surface area contributed by atoms with Gasteiger partial charge < -0.3 is 10.1 Å². The first-order valence-corrected chi connectivity index (χ1v) is 14.6. The zero-order valence-electron chi connectivity index (χ0n) is 20.9. The number of para-hydroxylation sites is 1. The predicted molar refractivity (Wildman–Crippen MR) is 139 cm³/mol. The third-order valence-corrected chi connectivity index (χ3v) is 9.58. The summed E-state index contributed by atoms with van der Waals surface area (Å²) in [5.74, 6) is 0.551. The topological polar surface area (TPSA) is 75.7 Å². The van der Waals surface area contributed by atoms with Crippen molar-refractivity contribution in [3.05, 3.63) is 65.7 Å². The van der Waals surface area contributed by atoms with E-state index in [0.29, 0.717) is 25.8 Å². The van der Waals surface area contributed by atoms with Gasteiger partial charge in [-0.25, -0.2) is 12.7 Å². The molecule has 0 saturated carbocycles. The molecule has 1 amide bonds. The van der Waals surface area contributed by atoms with Crippen LogP contribution in [0.3, 0.4) is 0 Å². The Morgan fingerprint density at radius 3 is 2.54 bits per heavy atom. The summed E-state index contributed by atoms with van der Waals surface area (Å²) in [6.07, 6.45) is 5.17. The van der Waals surface area contributed by atoms with E-state index in [2.05, 4.69) is 19.2 Å². The molecule has 0 aromatic heterocycles. The number of carbonyl (C=O) groups excluding carboxylic acids is 1. The van der Waals surface area contributed by atoms with Crippen LogP contribution in [0.25, 0.3) is 0 Å². The number of nitrogens with zero attached hydrogens (tertiary/aromatic N) is 1. The number of rotatable bonds is 9. The molecule has 35 heavy (non-hydrogen) atoms. The predicted octanol–water partition coefficient (Wildman–Crippen LogP) is 4.86. The van der Waals surface area contributed by atoms with E-state index in [9.17, 15) is 13.2 Å². The summed E-state index contributed by atoms with van der Waals surface area (Å²) in [6.45, 7) is 5.00. The molecule has 2 aromatic carbocycles. The maximum absolute atomic E-state index is 13.4. The molecule has 2 aliphatic rings. The number of carbonyl (C=O) groups is 1. The maximum atomic E-state index is 13.4. The van der Waals surface area contributed by atoms with E-state index in [1.54, 1.807) is 0 Å². The fraction of sp³-hybridized carbons (Fsp3) is 0.536. The molecule has 2 heterocycles. The third-order valence-electron chi connectivity index (χ3n) is 7.66. The van der Waals surface area contributed by atoms with Gasteiger partial charge in [0.05, 0.1) is 17.7 Å². The Bertz CT molecular complexity index is 1100. The van der Waals surface area contributed by atoms with E-state index < -0.39 is 10.0 Å². The highest BCUT2D eigenvalue weighted by Crippen LogP contribution is 2.42. The molecule has 0 spiro atoms. The van der Waals surface area contributed by atoms with Crippen molar-refractivity contribution in [1.82, 2.24) is 9.62 Å². The average molecular weight is 499 g/mol. The summed E-state index contributed by atoms with van der Waals surface area (Å²) >= 11 is 0. The highest BCUT2D eigenvalue weighted by molar-refractivity contribution is 7.89. The molecule has 4 rings (SSSR count). The molecule has 2 atom stereocenters. The number of hydrogen-bond donors (Lipinski definition) is 1. The lowest BCUT2D eigenvalue weighted by atomic mass is 9.83. The quantitative estimate of drug-likeness (QED) is 0.536. The van der Waals surface area contributed by atoms with Gasteiger partial charge in [0.2, 0.25) is 15.9 Å². The van der Waals surface area contributed by atoms with Crippen LogP contribution in [0, 0.1) is 5.92 Å². The summed E-state index contributed by atoms with van der Waals surface area (Å²) in [5, 5.41) is 3.26. The SMILES string of the molecule is CCC1(CC)CC(NC(=O)C2CCCN(S(=O)(=O)CCCc3ccccc3)C2)c2ccccc2O1. The molecule has 7 heteroatoms. The number of piperidine rings is 1. The van der Waals surface area contributed by atoms with Crippen LogP contribution in [0.5, 0.6) is 5.75 Å². The smallest absolute Gasteiger partial charge is 0.224 e. The molecule has 190 valence electrons. The van der Waals surface area contributed by atoms with E-state index in [4.69, 9.17) is 4.74 Å². The standard InChI is InChI=1S/C28H38N2O4S/c1-3-28(4-2)20-25(24-16-8-9-17-26(24)34-28)29-27(31)23-15-10-18-30(21-23)35(32,33)19-11-14-22-12-6-5-7-13-22/h5-9,12-13,16-17,23,25H,3-4,10-11,14-15,18-21H2,1-2H3,(H,29,31). The van der Waals surface area contributed by atoms with E-state index >= 15 is 0 Å². The van der Waals surface area contributed by atoms with Crippen molar-refractivity contribution in [3.8, 4) is 5.75 Å². The third kappa shape index (κ3) is 6.07. The van der Waals surface area contributed by atoms with Crippen molar-refractivity contribution in [2.24, 2.45) is 5.92 Å². The molecule has 6 nitrogen and oxygen atoms in total. The Kier molecular flexibility index (Phi) is 8.17. The van der Waals surface area contributed by atoms with Crippen molar-refractivity contribution in [1.29, 1.82) is 0 Å². The summed E-state index contributed by atoms with van der Waals surface area (Å²) in [5.41, 5.74) is 1.85. The summed E-state index contributed by atoms with van der Waals surface area (Å²) < 4.78 is 34.0. The molecule has 1 fully saturated rings. The van der Waals surface area contributed by atoms with Gasteiger partial charge in [-0.1, -0.05) is 62.4 Å². The van der Waals surface area contributed by atoms with Crippen LogP contribution in [-0.4, -0.2) is 43.1 Å². The maximum Gasteiger partial charge on any atom is 0.224 e. The van der Waals surface area contributed by atoms with Crippen molar-refractivity contribution >= 4 is 15.9 Å². The second kappa shape index (κ2) is 11.1. The van der Waals surface area contributed by atoms with Crippen LogP contribution in [0.1, 0.15) is 69.5 Å². The second-order valence-electron chi connectivity index (χ2n) is 9.90. The zero-order valence-corrected chi connectivity index (χ0v) is 21.7. The number of benzene rings is 2. The number of amides is 1. The van der Waals surface area contributed by atoms with Crippen LogP contribution in [0.15, 0.2) is 54.6 Å². The van der Waals surface area contributed by atoms with Gasteiger partial charge in [0.1, 0.15) is 11.4 Å². The normalized spacial score (nSPS) is 22.1. The Labute approximate surface area is 210 Å². The minimum Gasteiger partial charge on any atom is -0.487 e. The number of ether oxygens (including phenoxy) is 1. The van der Waals surface area contributed by atoms with Crippen LogP contribution in [0.2, 0.25) is 0 Å². The minimum atomic E-state index is -3.39. The number of sulfonamides is 1. The lowest BCUT2D eigenvalue weighted by Gasteiger charge is -2.42. The van der Waals surface area contributed by atoms with Gasteiger partial charge in [0, 0.05) is 25.1 Å². The number of nitrogens with one attached hydrogen (secondary N) is 1. The van der Waals surface area contributed by atoms with E-state index in [1.807, 2.05) is 54.6 Å². The molecule has 0 radical (unpaired) electrons. The molecule has 0 aliphatic carbocycles. The molecule has 2 aromatic rings. The van der Waals surface area contributed by atoms with E-state index in [-0.39, 0.29) is 35.8 Å². The summed E-state index contributed by atoms with van der Waals surface area (Å²) in [4.78, 5) is 13.4. The van der Waals surface area contributed by atoms with Crippen molar-refractivity contribution < 1.29 is 17.9 Å². The number of fused-ring (bicyclic) bond motifs is 1. The summed E-state index contributed by atoms with van der Waals surface area (Å²) in [6, 6.07) is 17.7. The van der Waals surface area contributed by atoms with Crippen LogP contribution < -0.4 is 10.1 Å². The largest absolute Gasteiger partial charge is 0.487 e. The van der Waals surface area contributed by atoms with Gasteiger partial charge in [-0.3, -0.25) is 4.79 Å². The molecular weight excluding hydrogens is 460 g/mol. The first-order chi connectivity index (χ1) is 16.9. The average Bonchev–Trinajstić information content (AvgIpc) is 2.89. The Morgan fingerprint density at radius 2 is 1.80 bits per heavy atom. The zero-order chi connectivity index (χ0) is 24.9. The van der Waals surface area contributed by atoms with E-state index in [0.717, 1.165) is 42.6 Å². The van der Waals surface area contributed by atoms with Crippen LogP contribution in [0.4, 0.5) is 0 Å². The highest BCUT2D eigenvalue weighted by atomic mass is 32.2. The molecule has 2 aliphatic heterocycles. The van der Waals surface area contributed by atoms with Crippen molar-refractivity contribution in [2.45, 2.75) is 70.4 Å². The van der Waals surface area contributed by atoms with Crippen LogP contribution in [-0.2, 0) is 21.2 Å². The molecule has 1 saturated heterocycles. The molecular formula is C28H38N2O4S. The second-order valence-corrected chi connectivity index (χ2v) is 12.0. The molecule has 0 bridgehead atoms. The van der Waals surface area contributed by atoms with Crippen molar-refractivity contribution in [3.63, 3.8) is 0 Å². The van der Waals surface area contributed by atoms with Gasteiger partial charge in [0.25, 0.3) is 0 Å². The van der Waals surface area contributed by atoms with Crippen molar-refractivity contribution in [2.75, 3.05) is 18.8 Å². The molecule has 2 unspecified atom stereocenters. The lowest BCUT2D eigenvalue weighted by Crippen LogP contribution is -2.49. The summed E-state index contributed by atoms with van der Waals surface area (Å²) in [7, 11) is -3.39. The van der Waals surface area contributed by atoms with Crippen LogP contribution >= 0.6 is 0 Å². The fourth-order valence-corrected chi connectivity index (χ4v) is 6.94. The van der Waals surface area contributed by atoms with Gasteiger partial charge in [-0.2, -0.15) is 0 Å². The highest BCUT2D eigenvalue weighted by Gasteiger charge is 2.40. The Balaban J connectivity index is 1.39. The first kappa shape index (κ1) is 25.7. The lowest BCUT2D eigenvalue weighted by molar-refractivity contribution is -0.127. The van der Waals surface area contributed by atoms with Gasteiger partial charge in [-0.15, -0.1) is 0 Å². The first-order valence-electron chi connectivity index (χ1n) is 13.0.